The average Bonchev–Trinajstić information content (AvgIpc) is 1.86. The molecule has 0 unspecified atom stereocenters. The van der Waals surface area contributed by atoms with Crippen molar-refractivity contribution in [3.05, 3.63) is 4.91 Å². The second-order valence-corrected chi connectivity index (χ2v) is 1.36. The first kappa shape index (κ1) is 3.74. The Hall–Kier alpha value is -0.440. The van der Waals surface area contributed by atoms with E-state index in [0.717, 1.165) is 11.3 Å². The smallest absolute Gasteiger partial charge is 0.245 e. The van der Waals surface area contributed by atoms with Crippen LogP contribution in [0.1, 0.15) is 0 Å². The van der Waals surface area contributed by atoms with Crippen molar-refractivity contribution in [2.75, 3.05) is 19.8 Å². The molecule has 3 nitrogen and oxygen atoms in total. The fraction of sp³-hybridized carbons (Fsp3) is 1.00. The summed E-state index contributed by atoms with van der Waals surface area (Å²) in [6.45, 7) is 2.02. The Balaban J connectivity index is 2.37. The molecule has 34 valence electrons. The first-order valence-electron chi connectivity index (χ1n) is 2.02. The molecule has 3 heteroatoms. The van der Waals surface area contributed by atoms with Gasteiger partial charge in [-0.3, -0.25) is 5.32 Å². The van der Waals surface area contributed by atoms with Gasteiger partial charge in [-0.1, -0.05) is 0 Å². The van der Waals surface area contributed by atoms with Crippen LogP contribution in [0.4, 0.5) is 0 Å². The summed E-state index contributed by atoms with van der Waals surface area (Å²) in [5.41, 5.74) is 0. The van der Waals surface area contributed by atoms with Crippen LogP contribution in [0.3, 0.4) is 0 Å². The fourth-order valence-electron chi connectivity index (χ4n) is 0.487. The Morgan fingerprint density at radius 2 is 2.50 bits per heavy atom. The second kappa shape index (κ2) is 1.34. The number of hydrogen-bond donors (Lipinski definition) is 1. The van der Waals surface area contributed by atoms with E-state index in [1.165, 1.54) is 0 Å². The molecular weight excluding hydrogens is 80.0 g/mol. The van der Waals surface area contributed by atoms with Crippen LogP contribution in [-0.2, 0) is 0 Å². The summed E-state index contributed by atoms with van der Waals surface area (Å²) in [5.74, 6) is 0. The van der Waals surface area contributed by atoms with Crippen LogP contribution in [0.15, 0.2) is 0 Å². The van der Waals surface area contributed by atoms with Gasteiger partial charge < -0.3 is 0 Å². The molecule has 1 fully saturated rings. The molecule has 1 heterocycles. The molecule has 1 saturated heterocycles. The summed E-state index contributed by atoms with van der Waals surface area (Å²) in [6, 6.07) is 0. The Morgan fingerprint density at radius 3 is 2.67 bits per heavy atom. The van der Waals surface area contributed by atoms with Crippen molar-refractivity contribution in [2.24, 2.45) is 0 Å². The maximum absolute atomic E-state index is 10.1. The van der Waals surface area contributed by atoms with E-state index in [9.17, 15) is 4.91 Å². The van der Waals surface area contributed by atoms with E-state index in [-0.39, 0.29) is 0 Å². The molecule has 0 bridgehead atoms. The third-order valence-corrected chi connectivity index (χ3v) is 0.826. The molecule has 0 atom stereocenters. The SMILES string of the molecule is O=[N+]1CCNC1. The van der Waals surface area contributed by atoms with Crippen LogP contribution < -0.4 is 5.32 Å². The molecule has 0 amide bonds. The maximum atomic E-state index is 10.1. The summed E-state index contributed by atoms with van der Waals surface area (Å²) < 4.78 is 1.00. The van der Waals surface area contributed by atoms with Gasteiger partial charge in [0.2, 0.25) is 13.2 Å². The zero-order valence-electron chi connectivity index (χ0n) is 3.48. The molecule has 0 aromatic heterocycles. The summed E-state index contributed by atoms with van der Waals surface area (Å²) in [4.78, 5) is 10.1. The summed E-state index contributed by atoms with van der Waals surface area (Å²) in [7, 11) is 0. The van der Waals surface area contributed by atoms with E-state index in [1.54, 1.807) is 0 Å². The normalized spacial score (nSPS) is 22.3. The molecule has 0 spiro atoms. The predicted octanol–water partition coefficient (Wildman–Crippen LogP) is -0.674. The molecule has 6 heavy (non-hydrogen) atoms. The monoisotopic (exact) mass is 87.1 g/mol. The van der Waals surface area contributed by atoms with Crippen LogP contribution >= 0.6 is 0 Å². The Morgan fingerprint density at radius 1 is 1.67 bits per heavy atom. The van der Waals surface area contributed by atoms with Gasteiger partial charge in [0.15, 0.2) is 0 Å². The molecule has 1 rings (SSSR count). The molecule has 0 aromatic carbocycles. The lowest BCUT2D eigenvalue weighted by atomic mass is 10.7. The number of hydrogen-bond acceptors (Lipinski definition) is 2. The third kappa shape index (κ3) is 0.542. The zero-order valence-corrected chi connectivity index (χ0v) is 3.48. The van der Waals surface area contributed by atoms with E-state index in [2.05, 4.69) is 5.32 Å². The minimum Gasteiger partial charge on any atom is -0.252 e. The van der Waals surface area contributed by atoms with Gasteiger partial charge in [-0.15, -0.1) is 0 Å². The van der Waals surface area contributed by atoms with Gasteiger partial charge in [-0.25, -0.2) is 0 Å². The molecule has 1 aliphatic rings. The van der Waals surface area contributed by atoms with Gasteiger partial charge in [0.05, 0.1) is 6.54 Å². The summed E-state index contributed by atoms with van der Waals surface area (Å²) in [5, 5.41) is 2.89. The molecule has 0 aromatic rings. The lowest BCUT2D eigenvalue weighted by Crippen LogP contribution is -2.07. The van der Waals surface area contributed by atoms with Gasteiger partial charge in [-0.2, -0.15) is 0 Å². The molecular formula is C3H7N2O+. The molecule has 1 N–H and O–H groups in total. The van der Waals surface area contributed by atoms with Crippen molar-refractivity contribution >= 4 is 0 Å². The van der Waals surface area contributed by atoms with Crippen molar-refractivity contribution < 1.29 is 4.76 Å². The van der Waals surface area contributed by atoms with Gasteiger partial charge in [-0.05, 0) is 0 Å². The van der Waals surface area contributed by atoms with Crippen LogP contribution in [0.5, 0.6) is 0 Å². The summed E-state index contributed by atoms with van der Waals surface area (Å²) >= 11 is 0. The molecule has 1 aliphatic heterocycles. The Bertz CT molecular complexity index is 63.2. The van der Waals surface area contributed by atoms with Crippen molar-refractivity contribution in [1.29, 1.82) is 0 Å². The average molecular weight is 87.1 g/mol. The molecule has 0 saturated carbocycles. The predicted molar refractivity (Wildman–Crippen MR) is 21.4 cm³/mol. The zero-order chi connectivity index (χ0) is 4.41. The Labute approximate surface area is 35.9 Å². The lowest BCUT2D eigenvalue weighted by Gasteiger charge is -1.67. The van der Waals surface area contributed by atoms with E-state index in [4.69, 9.17) is 0 Å². The van der Waals surface area contributed by atoms with E-state index in [1.807, 2.05) is 0 Å². The van der Waals surface area contributed by atoms with Crippen molar-refractivity contribution in [2.45, 2.75) is 0 Å². The van der Waals surface area contributed by atoms with Gasteiger partial charge in [0, 0.05) is 9.67 Å². The van der Waals surface area contributed by atoms with Crippen molar-refractivity contribution in [3.8, 4) is 0 Å². The number of nitroso groups, excluding NO2 is 1. The lowest BCUT2D eigenvalue weighted by molar-refractivity contribution is -0.528. The quantitative estimate of drug-likeness (QED) is 0.397. The number of rotatable bonds is 0. The minimum absolute atomic E-state index is 0.514. The number of nitrogens with zero attached hydrogens (tertiary/aromatic N) is 1. The van der Waals surface area contributed by atoms with Gasteiger partial charge >= 0.3 is 0 Å². The van der Waals surface area contributed by atoms with Crippen LogP contribution in [-0.4, -0.2) is 24.5 Å². The summed E-state index contributed by atoms with van der Waals surface area (Å²) in [6.07, 6.45) is 0. The fourth-order valence-corrected chi connectivity index (χ4v) is 0.487. The molecule has 0 aliphatic carbocycles. The van der Waals surface area contributed by atoms with Crippen LogP contribution in [0.25, 0.3) is 0 Å². The highest BCUT2D eigenvalue weighted by atomic mass is 16.3. The minimum atomic E-state index is 0.514. The maximum Gasteiger partial charge on any atom is 0.245 e. The molecule has 0 radical (unpaired) electrons. The highest BCUT2D eigenvalue weighted by molar-refractivity contribution is 4.41. The third-order valence-electron chi connectivity index (χ3n) is 0.826. The van der Waals surface area contributed by atoms with E-state index < -0.39 is 0 Å². The highest BCUT2D eigenvalue weighted by Crippen LogP contribution is 1.75. The first-order valence-corrected chi connectivity index (χ1v) is 2.02. The number of nitrogens with one attached hydrogen (secondary N) is 1. The van der Waals surface area contributed by atoms with Crippen molar-refractivity contribution in [3.63, 3.8) is 0 Å². The van der Waals surface area contributed by atoms with Crippen LogP contribution in [0.2, 0.25) is 0 Å². The van der Waals surface area contributed by atoms with E-state index in [0.29, 0.717) is 13.2 Å². The Kier molecular flexibility index (Phi) is 0.837. The second-order valence-electron chi connectivity index (χ2n) is 1.36. The van der Waals surface area contributed by atoms with Gasteiger partial charge in [0.25, 0.3) is 0 Å². The highest BCUT2D eigenvalue weighted by Gasteiger charge is 2.12. The van der Waals surface area contributed by atoms with Crippen molar-refractivity contribution in [1.82, 2.24) is 5.32 Å². The topological polar surface area (TPSA) is 32.1 Å². The standard InChI is InChI=1S/C3H7N2O/c6-5-2-1-4-3-5/h4H,1-3H2/q+1. The van der Waals surface area contributed by atoms with Gasteiger partial charge in [0.1, 0.15) is 0 Å². The first-order chi connectivity index (χ1) is 2.89. The van der Waals surface area contributed by atoms with Crippen LogP contribution in [0, 0.1) is 4.91 Å². The van der Waals surface area contributed by atoms with E-state index >= 15 is 0 Å². The largest absolute Gasteiger partial charge is 0.252 e.